The Labute approximate surface area is 280 Å². The van der Waals surface area contributed by atoms with Gasteiger partial charge in [-0.2, -0.15) is 4.57 Å². The van der Waals surface area contributed by atoms with Crippen molar-refractivity contribution in [3.8, 4) is 34.3 Å². The van der Waals surface area contributed by atoms with Crippen molar-refractivity contribution in [1.29, 1.82) is 0 Å². The fourth-order valence-electron chi connectivity index (χ4n) is 6.26. The van der Waals surface area contributed by atoms with E-state index >= 15 is 0 Å². The van der Waals surface area contributed by atoms with E-state index in [0.717, 1.165) is 52.6 Å². The molecule has 0 aliphatic carbocycles. The molecule has 14 heteroatoms. The Kier molecular flexibility index (Phi) is 9.33. The summed E-state index contributed by atoms with van der Waals surface area (Å²) in [7, 11) is 1.59. The molecule has 0 bridgehead atoms. The number of hydrogen-bond donors (Lipinski definition) is 0. The molecule has 0 spiro atoms. The second kappa shape index (κ2) is 13.6. The summed E-state index contributed by atoms with van der Waals surface area (Å²) in [4.78, 5) is 17.1. The Morgan fingerprint density at radius 1 is 1.10 bits per heavy atom. The predicted octanol–water partition coefficient (Wildman–Crippen LogP) is 2.36. The van der Waals surface area contributed by atoms with Gasteiger partial charge in [0.25, 0.3) is 0 Å². The molecule has 0 amide bonds. The van der Waals surface area contributed by atoms with Crippen LogP contribution < -0.4 is 35.9 Å². The van der Waals surface area contributed by atoms with Crippen LogP contribution in [-0.2, 0) is 26.1 Å². The van der Waals surface area contributed by atoms with Gasteiger partial charge in [-0.1, -0.05) is 6.07 Å². The Balaban J connectivity index is 0.00000401. The largest absolute Gasteiger partial charge is 1.00 e. The third kappa shape index (κ3) is 6.30. The maximum atomic E-state index is 14.7. The highest BCUT2D eigenvalue weighted by Gasteiger charge is 2.29. The van der Waals surface area contributed by atoms with Crippen molar-refractivity contribution in [2.24, 2.45) is 0 Å². The molecular weight excluding hydrogens is 648 g/mol. The standard InChI is InChI=1S/C34H32F2N5O6.ClH/c1-21-37-17-33(41(42)43)40(21)10-9-38(18-24-3-5-25(35)15-28(24)36)11-12-45-34-27-19-39-8-7-23-14-31-32(47-20-46-31)16-26(23)29(39)13-22(27)4-6-30(34)44-2;/h3-6,13-17,19H,7-12,18,20H2,1-2H3;1H/q+1;/p-1. The number of nitrogens with zero attached hydrogens (tertiary/aromatic N) is 5. The molecule has 0 fully saturated rings. The molecule has 250 valence electrons. The highest BCUT2D eigenvalue weighted by molar-refractivity contribution is 5.91. The van der Waals surface area contributed by atoms with Crippen LogP contribution in [0.3, 0.4) is 0 Å². The van der Waals surface area contributed by atoms with Crippen LogP contribution in [0.15, 0.2) is 60.9 Å². The van der Waals surface area contributed by atoms with Crippen molar-refractivity contribution in [2.45, 2.75) is 33.0 Å². The fraction of sp³-hybridized carbons (Fsp3) is 0.294. The van der Waals surface area contributed by atoms with Crippen molar-refractivity contribution in [2.75, 3.05) is 33.6 Å². The van der Waals surface area contributed by atoms with Crippen LogP contribution >= 0.6 is 0 Å². The van der Waals surface area contributed by atoms with E-state index in [4.69, 9.17) is 18.9 Å². The second-order valence-electron chi connectivity index (χ2n) is 11.5. The number of nitro groups is 1. The average molecular weight is 680 g/mol. The van der Waals surface area contributed by atoms with Gasteiger partial charge in [-0.25, -0.2) is 18.3 Å². The first-order valence-corrected chi connectivity index (χ1v) is 15.2. The van der Waals surface area contributed by atoms with Crippen molar-refractivity contribution in [1.82, 2.24) is 14.5 Å². The van der Waals surface area contributed by atoms with Crippen molar-refractivity contribution < 1.29 is 49.6 Å². The number of methoxy groups -OCH3 is 1. The van der Waals surface area contributed by atoms with Gasteiger partial charge in [-0.05, 0) is 46.2 Å². The smallest absolute Gasteiger partial charge is 0.342 e. The van der Waals surface area contributed by atoms with E-state index in [1.54, 1.807) is 14.0 Å². The molecule has 0 radical (unpaired) electrons. The number of pyridine rings is 1. The molecule has 11 nitrogen and oxygen atoms in total. The molecule has 0 N–H and O–H groups in total. The minimum atomic E-state index is -0.663. The quantitative estimate of drug-likeness (QED) is 0.119. The van der Waals surface area contributed by atoms with Gasteiger partial charge < -0.3 is 41.5 Å². The summed E-state index contributed by atoms with van der Waals surface area (Å²) < 4.78 is 55.3. The highest BCUT2D eigenvalue weighted by atomic mass is 35.5. The molecule has 2 aromatic heterocycles. The van der Waals surface area contributed by atoms with E-state index in [0.29, 0.717) is 36.0 Å². The maximum absolute atomic E-state index is 14.7. The lowest BCUT2D eigenvalue weighted by Crippen LogP contribution is -3.00. The molecular formula is C34H32ClF2N5O6. The predicted molar refractivity (Wildman–Crippen MR) is 167 cm³/mol. The molecule has 5 aromatic rings. The first-order valence-electron chi connectivity index (χ1n) is 15.2. The molecule has 2 aliphatic heterocycles. The van der Waals surface area contributed by atoms with Crippen LogP contribution in [-0.4, -0.2) is 53.0 Å². The van der Waals surface area contributed by atoms with E-state index in [1.165, 1.54) is 28.5 Å². The van der Waals surface area contributed by atoms with Crippen molar-refractivity contribution in [3.63, 3.8) is 0 Å². The minimum Gasteiger partial charge on any atom is -1.00 e. The minimum absolute atomic E-state index is 0. The monoisotopic (exact) mass is 679 g/mol. The molecule has 0 saturated carbocycles. The van der Waals surface area contributed by atoms with E-state index in [1.807, 2.05) is 23.1 Å². The molecule has 0 unspecified atom stereocenters. The third-order valence-corrected chi connectivity index (χ3v) is 8.72. The number of imidazole rings is 1. The Hall–Kier alpha value is -5.01. The van der Waals surface area contributed by atoms with Crippen LogP contribution in [0.2, 0.25) is 0 Å². The van der Waals surface area contributed by atoms with E-state index in [9.17, 15) is 18.9 Å². The number of fused-ring (bicyclic) bond motifs is 5. The zero-order valence-electron chi connectivity index (χ0n) is 26.2. The van der Waals surface area contributed by atoms with Crippen LogP contribution in [0.5, 0.6) is 23.0 Å². The topological polar surface area (TPSA) is 105 Å². The lowest BCUT2D eigenvalue weighted by atomic mass is 9.95. The highest BCUT2D eigenvalue weighted by Crippen LogP contribution is 2.41. The number of ether oxygens (including phenoxy) is 4. The van der Waals surface area contributed by atoms with E-state index in [-0.39, 0.29) is 44.7 Å². The Bertz CT molecular complexity index is 2020. The van der Waals surface area contributed by atoms with Gasteiger partial charge in [0.2, 0.25) is 12.5 Å². The zero-order valence-corrected chi connectivity index (χ0v) is 27.0. The average Bonchev–Trinajstić information content (AvgIpc) is 3.68. The number of aromatic nitrogens is 3. The zero-order chi connectivity index (χ0) is 32.7. The summed E-state index contributed by atoms with van der Waals surface area (Å²) in [5.74, 6) is 1.69. The number of hydrogen-bond acceptors (Lipinski definition) is 8. The van der Waals surface area contributed by atoms with Gasteiger partial charge in [-0.15, -0.1) is 0 Å². The van der Waals surface area contributed by atoms with Crippen LogP contribution in [0.25, 0.3) is 22.0 Å². The summed E-state index contributed by atoms with van der Waals surface area (Å²) in [5.41, 5.74) is 3.66. The number of aryl methyl sites for hydroxylation is 3. The molecule has 3 aromatic carbocycles. The number of rotatable bonds is 11. The van der Waals surface area contributed by atoms with Crippen molar-refractivity contribution in [3.05, 3.63) is 99.6 Å². The van der Waals surface area contributed by atoms with Crippen LogP contribution in [0.1, 0.15) is 17.0 Å². The van der Waals surface area contributed by atoms with Gasteiger partial charge >= 0.3 is 5.82 Å². The molecule has 48 heavy (non-hydrogen) atoms. The summed E-state index contributed by atoms with van der Waals surface area (Å²) in [6.45, 7) is 3.94. The van der Waals surface area contributed by atoms with Gasteiger partial charge in [0.15, 0.2) is 41.6 Å². The first kappa shape index (κ1) is 32.9. The Morgan fingerprint density at radius 3 is 2.69 bits per heavy atom. The van der Waals surface area contributed by atoms with Gasteiger partial charge in [-0.3, -0.25) is 4.90 Å². The van der Waals surface area contributed by atoms with E-state index in [2.05, 4.69) is 27.9 Å². The van der Waals surface area contributed by atoms with Gasteiger partial charge in [0.1, 0.15) is 31.0 Å². The lowest BCUT2D eigenvalue weighted by Gasteiger charge is -2.23. The van der Waals surface area contributed by atoms with Crippen molar-refractivity contribution >= 4 is 16.6 Å². The molecule has 7 rings (SSSR count). The Morgan fingerprint density at radius 2 is 1.92 bits per heavy atom. The number of benzene rings is 3. The summed E-state index contributed by atoms with van der Waals surface area (Å²) in [5, 5.41) is 13.4. The molecule has 0 saturated heterocycles. The second-order valence-corrected chi connectivity index (χ2v) is 11.5. The normalized spacial score (nSPS) is 12.9. The maximum Gasteiger partial charge on any atom is 0.342 e. The van der Waals surface area contributed by atoms with Gasteiger partial charge in [0, 0.05) is 50.7 Å². The molecule has 4 heterocycles. The first-order chi connectivity index (χ1) is 22.8. The number of halogens is 3. The molecule has 2 aliphatic rings. The lowest BCUT2D eigenvalue weighted by molar-refractivity contribution is -0.686. The van der Waals surface area contributed by atoms with Crippen LogP contribution in [0, 0.1) is 28.7 Å². The third-order valence-electron chi connectivity index (χ3n) is 8.72. The fourth-order valence-corrected chi connectivity index (χ4v) is 6.26. The van der Waals surface area contributed by atoms with Crippen LogP contribution in [0.4, 0.5) is 14.6 Å². The van der Waals surface area contributed by atoms with E-state index < -0.39 is 16.6 Å². The van der Waals surface area contributed by atoms with Gasteiger partial charge in [0.05, 0.1) is 18.1 Å². The summed E-state index contributed by atoms with van der Waals surface area (Å²) >= 11 is 0. The summed E-state index contributed by atoms with van der Waals surface area (Å²) in [6, 6.07) is 13.6. The summed E-state index contributed by atoms with van der Waals surface area (Å²) in [6.07, 6.45) is 4.13. The SMILES string of the molecule is COc1ccc2cc3[n+](cc2c1OCCN(CCn1c([N+](=O)[O-])cnc1C)Cc1ccc(F)cc1F)CCc1cc2c(cc1-3)OCO2.[Cl-]. The molecule has 0 atom stereocenters.